The molecular formula is C43H42O3. The zero-order valence-corrected chi connectivity index (χ0v) is 27.4. The number of aryl methyl sites for hydroxylation is 4. The smallest absolute Gasteiger partial charge is 0.127 e. The minimum absolute atomic E-state index is 0.414. The summed E-state index contributed by atoms with van der Waals surface area (Å²) in [5.74, 6) is 5.61. The molecule has 1 unspecified atom stereocenters. The highest BCUT2D eigenvalue weighted by molar-refractivity contribution is 5.38. The Labute approximate surface area is 274 Å². The molecule has 0 spiro atoms. The van der Waals surface area contributed by atoms with E-state index in [0.29, 0.717) is 5.92 Å². The molecule has 0 fully saturated rings. The third-order valence-corrected chi connectivity index (χ3v) is 7.71. The first kappa shape index (κ1) is 32.1. The van der Waals surface area contributed by atoms with Crippen molar-refractivity contribution in [1.82, 2.24) is 0 Å². The summed E-state index contributed by atoms with van der Waals surface area (Å²) in [5, 5.41) is 0. The molecule has 0 amide bonds. The summed E-state index contributed by atoms with van der Waals surface area (Å²) in [6.07, 6.45) is 0.975. The Balaban J connectivity index is 0.000000232. The van der Waals surface area contributed by atoms with Crippen LogP contribution >= 0.6 is 0 Å². The maximum atomic E-state index is 5.94. The van der Waals surface area contributed by atoms with Crippen molar-refractivity contribution >= 4 is 0 Å². The number of hydrogen-bond donors (Lipinski definition) is 0. The van der Waals surface area contributed by atoms with Crippen molar-refractivity contribution in [1.29, 1.82) is 0 Å². The third kappa shape index (κ3) is 9.87. The van der Waals surface area contributed by atoms with Crippen molar-refractivity contribution in [2.24, 2.45) is 0 Å². The summed E-state index contributed by atoms with van der Waals surface area (Å²) < 4.78 is 17.6. The van der Waals surface area contributed by atoms with E-state index < -0.39 is 0 Å². The van der Waals surface area contributed by atoms with Crippen LogP contribution in [0.1, 0.15) is 46.2 Å². The van der Waals surface area contributed by atoms with E-state index in [2.05, 4.69) is 83.1 Å². The van der Waals surface area contributed by atoms with E-state index in [9.17, 15) is 0 Å². The Morgan fingerprint density at radius 2 is 0.587 bits per heavy atom. The second kappa shape index (κ2) is 15.6. The summed E-state index contributed by atoms with van der Waals surface area (Å²) >= 11 is 0. The second-order valence-corrected chi connectivity index (χ2v) is 11.9. The summed E-state index contributed by atoms with van der Waals surface area (Å²) in [4.78, 5) is 0. The lowest BCUT2D eigenvalue weighted by atomic mass is 9.94. The summed E-state index contributed by atoms with van der Waals surface area (Å²) in [7, 11) is 0. The van der Waals surface area contributed by atoms with Gasteiger partial charge in [0.25, 0.3) is 0 Å². The normalized spacial score (nSPS) is 11.2. The first-order chi connectivity index (χ1) is 22.3. The van der Waals surface area contributed by atoms with Gasteiger partial charge in [-0.1, -0.05) is 102 Å². The third-order valence-electron chi connectivity index (χ3n) is 7.71. The van der Waals surface area contributed by atoms with Crippen LogP contribution in [-0.2, 0) is 6.42 Å². The SMILES string of the molecule is Cc1ccc(Oc2ccc(C)cc2)cc1.Cc1ccc(Oc2ccc(CC(C)c3ccc(Oc4ccc(C)cc4)cc3)cc2)cc1. The molecular weight excluding hydrogens is 564 g/mol. The molecule has 0 saturated carbocycles. The molecule has 0 radical (unpaired) electrons. The molecule has 0 bridgehead atoms. The average molecular weight is 607 g/mol. The maximum absolute atomic E-state index is 5.94. The van der Waals surface area contributed by atoms with Gasteiger partial charge < -0.3 is 14.2 Å². The van der Waals surface area contributed by atoms with E-state index >= 15 is 0 Å². The molecule has 0 aliphatic carbocycles. The van der Waals surface area contributed by atoms with Crippen LogP contribution in [0.4, 0.5) is 0 Å². The lowest BCUT2D eigenvalue weighted by Gasteiger charge is -2.14. The molecule has 6 aromatic carbocycles. The average Bonchev–Trinajstić information content (AvgIpc) is 3.07. The molecule has 0 saturated heterocycles. The van der Waals surface area contributed by atoms with Gasteiger partial charge in [0.05, 0.1) is 0 Å². The fourth-order valence-corrected chi connectivity index (χ4v) is 4.86. The molecule has 0 heterocycles. The van der Waals surface area contributed by atoms with Crippen molar-refractivity contribution in [2.45, 2.75) is 47.0 Å². The predicted octanol–water partition coefficient (Wildman–Crippen LogP) is 12.3. The quantitative estimate of drug-likeness (QED) is 0.164. The van der Waals surface area contributed by atoms with Crippen molar-refractivity contribution in [3.8, 4) is 34.5 Å². The van der Waals surface area contributed by atoms with Crippen LogP contribution in [0.2, 0.25) is 0 Å². The van der Waals surface area contributed by atoms with E-state index in [-0.39, 0.29) is 0 Å². The van der Waals surface area contributed by atoms with Crippen LogP contribution in [0.5, 0.6) is 34.5 Å². The van der Waals surface area contributed by atoms with E-state index in [0.717, 1.165) is 40.9 Å². The van der Waals surface area contributed by atoms with Crippen LogP contribution in [0, 0.1) is 27.7 Å². The van der Waals surface area contributed by atoms with Crippen molar-refractivity contribution in [3.05, 3.63) is 179 Å². The zero-order valence-electron chi connectivity index (χ0n) is 27.4. The van der Waals surface area contributed by atoms with E-state index in [1.165, 1.54) is 33.4 Å². The number of ether oxygens (including phenoxy) is 3. The highest BCUT2D eigenvalue weighted by Crippen LogP contribution is 2.28. The van der Waals surface area contributed by atoms with Crippen molar-refractivity contribution < 1.29 is 14.2 Å². The van der Waals surface area contributed by atoms with Gasteiger partial charge in [-0.05, 0) is 124 Å². The zero-order chi connectivity index (χ0) is 32.3. The van der Waals surface area contributed by atoms with Crippen LogP contribution in [-0.4, -0.2) is 0 Å². The summed E-state index contributed by atoms with van der Waals surface area (Å²) in [5.41, 5.74) is 7.54. The minimum atomic E-state index is 0.414. The van der Waals surface area contributed by atoms with Crippen molar-refractivity contribution in [3.63, 3.8) is 0 Å². The van der Waals surface area contributed by atoms with E-state index in [1.54, 1.807) is 0 Å². The molecule has 0 aliphatic rings. The molecule has 0 N–H and O–H groups in total. The summed E-state index contributed by atoms with van der Waals surface area (Å²) in [6, 6.07) is 49.1. The van der Waals surface area contributed by atoms with Gasteiger partial charge in [-0.2, -0.15) is 0 Å². The number of hydrogen-bond acceptors (Lipinski definition) is 3. The number of benzene rings is 6. The topological polar surface area (TPSA) is 27.7 Å². The van der Waals surface area contributed by atoms with E-state index in [1.807, 2.05) is 97.1 Å². The van der Waals surface area contributed by atoms with Gasteiger partial charge in [-0.25, -0.2) is 0 Å². The molecule has 232 valence electrons. The molecule has 0 aromatic heterocycles. The van der Waals surface area contributed by atoms with Crippen LogP contribution in [0.3, 0.4) is 0 Å². The molecule has 3 heteroatoms. The van der Waals surface area contributed by atoms with Gasteiger partial charge >= 0.3 is 0 Å². The molecule has 3 nitrogen and oxygen atoms in total. The van der Waals surface area contributed by atoms with Gasteiger partial charge in [0, 0.05) is 0 Å². The molecule has 1 atom stereocenters. The van der Waals surface area contributed by atoms with Crippen LogP contribution < -0.4 is 14.2 Å². The molecule has 6 aromatic rings. The van der Waals surface area contributed by atoms with Gasteiger partial charge in [-0.15, -0.1) is 0 Å². The highest BCUT2D eigenvalue weighted by Gasteiger charge is 2.08. The van der Waals surface area contributed by atoms with Crippen LogP contribution in [0.25, 0.3) is 0 Å². The fraction of sp³-hybridized carbons (Fsp3) is 0.163. The monoisotopic (exact) mass is 606 g/mol. The minimum Gasteiger partial charge on any atom is -0.457 e. The van der Waals surface area contributed by atoms with Gasteiger partial charge in [0.1, 0.15) is 34.5 Å². The molecule has 0 aliphatic heterocycles. The Kier molecular flexibility index (Phi) is 10.9. The first-order valence-corrected chi connectivity index (χ1v) is 15.8. The predicted molar refractivity (Wildman–Crippen MR) is 190 cm³/mol. The number of rotatable bonds is 9. The van der Waals surface area contributed by atoms with Gasteiger partial charge in [-0.3, -0.25) is 0 Å². The lowest BCUT2D eigenvalue weighted by Crippen LogP contribution is -1.98. The van der Waals surface area contributed by atoms with Crippen LogP contribution in [0.15, 0.2) is 146 Å². The summed E-state index contributed by atoms with van der Waals surface area (Å²) in [6.45, 7) is 10.5. The molecule has 46 heavy (non-hydrogen) atoms. The largest absolute Gasteiger partial charge is 0.457 e. The highest BCUT2D eigenvalue weighted by atomic mass is 16.5. The fourth-order valence-electron chi connectivity index (χ4n) is 4.86. The standard InChI is InChI=1S/C29H28O2.C14H14O/c1-21-4-12-26(13-5-21)30-28-16-8-24(9-17-28)20-23(3)25-10-18-29(19-11-25)31-27-14-6-22(2)7-15-27;1-11-3-7-13(8-4-11)15-14-9-5-12(2)6-10-14/h4-19,23H,20H2,1-3H3;3-10H,1-2H3. The van der Waals surface area contributed by atoms with Gasteiger partial charge in [0.2, 0.25) is 0 Å². The Morgan fingerprint density at radius 3 is 0.870 bits per heavy atom. The van der Waals surface area contributed by atoms with Gasteiger partial charge in [0.15, 0.2) is 0 Å². The Bertz CT molecular complexity index is 1730. The Hall–Kier alpha value is -5.28. The second-order valence-electron chi connectivity index (χ2n) is 11.9. The van der Waals surface area contributed by atoms with Crippen molar-refractivity contribution in [2.75, 3.05) is 0 Å². The lowest BCUT2D eigenvalue weighted by molar-refractivity contribution is 0.481. The first-order valence-electron chi connectivity index (χ1n) is 15.8. The van der Waals surface area contributed by atoms with E-state index in [4.69, 9.17) is 14.2 Å². The molecule has 6 rings (SSSR count). The maximum Gasteiger partial charge on any atom is 0.127 e. The Morgan fingerprint density at radius 1 is 0.348 bits per heavy atom.